The van der Waals surface area contributed by atoms with Crippen molar-refractivity contribution in [2.75, 3.05) is 0 Å². The number of aryl methyl sites for hydroxylation is 1. The van der Waals surface area contributed by atoms with Crippen molar-refractivity contribution in [2.45, 2.75) is 13.0 Å². The Bertz CT molecular complexity index is 579. The Morgan fingerprint density at radius 2 is 1.72 bits per heavy atom. The van der Waals surface area contributed by atoms with Crippen molar-refractivity contribution in [3.63, 3.8) is 0 Å². The van der Waals surface area contributed by atoms with Crippen molar-refractivity contribution in [3.8, 4) is 0 Å². The Hall–Kier alpha value is -0.730. The van der Waals surface area contributed by atoms with Crippen molar-refractivity contribution >= 4 is 34.8 Å². The normalized spacial score (nSPS) is 12.5. The fourth-order valence-electron chi connectivity index (χ4n) is 1.81. The van der Waals surface area contributed by atoms with Crippen LogP contribution in [0.25, 0.3) is 0 Å². The van der Waals surface area contributed by atoms with Crippen LogP contribution in [0, 0.1) is 6.92 Å². The van der Waals surface area contributed by atoms with E-state index >= 15 is 0 Å². The predicted octanol–water partition coefficient (Wildman–Crippen LogP) is 5.04. The summed E-state index contributed by atoms with van der Waals surface area (Å²) < 4.78 is 0. The van der Waals surface area contributed by atoms with Gasteiger partial charge in [-0.25, -0.2) is 0 Å². The van der Waals surface area contributed by atoms with Gasteiger partial charge < -0.3 is 5.11 Å². The van der Waals surface area contributed by atoms with Crippen molar-refractivity contribution in [2.24, 2.45) is 0 Å². The maximum Gasteiger partial charge on any atom is 0.106 e. The van der Waals surface area contributed by atoms with E-state index < -0.39 is 6.10 Å². The van der Waals surface area contributed by atoms with Crippen LogP contribution in [0.15, 0.2) is 36.4 Å². The molecule has 0 radical (unpaired) electrons. The number of aliphatic hydroxyl groups excluding tert-OH is 1. The molecule has 0 saturated heterocycles. The molecule has 0 saturated carbocycles. The Labute approximate surface area is 121 Å². The van der Waals surface area contributed by atoms with Gasteiger partial charge in [-0.05, 0) is 36.2 Å². The largest absolute Gasteiger partial charge is 0.384 e. The van der Waals surface area contributed by atoms with Gasteiger partial charge in [-0.15, -0.1) is 0 Å². The SMILES string of the molecule is Cc1ccc(Cl)cc1C(O)c1cccc(Cl)c1Cl. The number of benzene rings is 2. The maximum absolute atomic E-state index is 10.4. The average molecular weight is 302 g/mol. The highest BCUT2D eigenvalue weighted by molar-refractivity contribution is 6.42. The molecule has 18 heavy (non-hydrogen) atoms. The molecule has 2 aromatic carbocycles. The predicted molar refractivity (Wildman–Crippen MR) is 76.7 cm³/mol. The van der Waals surface area contributed by atoms with Gasteiger partial charge >= 0.3 is 0 Å². The number of hydrogen-bond acceptors (Lipinski definition) is 1. The molecule has 1 N–H and O–H groups in total. The Kier molecular flexibility index (Phi) is 4.18. The summed E-state index contributed by atoms with van der Waals surface area (Å²) in [5.74, 6) is 0. The lowest BCUT2D eigenvalue weighted by atomic mass is 9.97. The minimum atomic E-state index is -0.838. The molecule has 94 valence electrons. The lowest BCUT2D eigenvalue weighted by Crippen LogP contribution is -2.03. The summed E-state index contributed by atoms with van der Waals surface area (Å²) in [7, 11) is 0. The first kappa shape index (κ1) is 13.7. The van der Waals surface area contributed by atoms with Crippen LogP contribution in [0.5, 0.6) is 0 Å². The van der Waals surface area contributed by atoms with Crippen molar-refractivity contribution in [1.29, 1.82) is 0 Å². The molecule has 0 bridgehead atoms. The molecule has 0 fully saturated rings. The quantitative estimate of drug-likeness (QED) is 0.824. The van der Waals surface area contributed by atoms with Crippen LogP contribution in [0.3, 0.4) is 0 Å². The first-order valence-corrected chi connectivity index (χ1v) is 6.52. The van der Waals surface area contributed by atoms with Crippen LogP contribution in [-0.2, 0) is 0 Å². The number of aliphatic hydroxyl groups is 1. The highest BCUT2D eigenvalue weighted by Crippen LogP contribution is 2.34. The third-order valence-electron chi connectivity index (χ3n) is 2.81. The van der Waals surface area contributed by atoms with E-state index in [0.717, 1.165) is 11.1 Å². The third-order valence-corrected chi connectivity index (χ3v) is 3.88. The van der Waals surface area contributed by atoms with Crippen molar-refractivity contribution in [3.05, 3.63) is 68.2 Å². The van der Waals surface area contributed by atoms with Crippen LogP contribution in [0.1, 0.15) is 22.8 Å². The van der Waals surface area contributed by atoms with Crippen LogP contribution in [0.4, 0.5) is 0 Å². The third kappa shape index (κ3) is 2.65. The van der Waals surface area contributed by atoms with Crippen LogP contribution in [-0.4, -0.2) is 5.11 Å². The van der Waals surface area contributed by atoms with Crippen molar-refractivity contribution < 1.29 is 5.11 Å². The summed E-state index contributed by atoms with van der Waals surface area (Å²) in [4.78, 5) is 0. The van der Waals surface area contributed by atoms with Crippen LogP contribution < -0.4 is 0 Å². The molecule has 0 heterocycles. The van der Waals surface area contributed by atoms with Gasteiger partial charge in [0.15, 0.2) is 0 Å². The highest BCUT2D eigenvalue weighted by Gasteiger charge is 2.17. The first-order valence-electron chi connectivity index (χ1n) is 5.38. The molecule has 1 atom stereocenters. The van der Waals surface area contributed by atoms with Gasteiger partial charge in [0.25, 0.3) is 0 Å². The lowest BCUT2D eigenvalue weighted by Gasteiger charge is -2.16. The Morgan fingerprint density at radius 3 is 2.44 bits per heavy atom. The van der Waals surface area contributed by atoms with E-state index in [1.807, 2.05) is 13.0 Å². The minimum absolute atomic E-state index is 0.367. The lowest BCUT2D eigenvalue weighted by molar-refractivity contribution is 0.219. The smallest absolute Gasteiger partial charge is 0.106 e. The van der Waals surface area contributed by atoms with Crippen LogP contribution in [0.2, 0.25) is 15.1 Å². The van der Waals surface area contributed by atoms with Gasteiger partial charge in [-0.3, -0.25) is 0 Å². The standard InChI is InChI=1S/C14H11Cl3O/c1-8-5-6-9(15)7-11(8)14(18)10-3-2-4-12(16)13(10)17/h2-7,14,18H,1H3. The van der Waals surface area contributed by atoms with E-state index in [-0.39, 0.29) is 0 Å². The second-order valence-corrected chi connectivity index (χ2v) is 5.27. The molecule has 2 rings (SSSR count). The number of hydrogen-bond donors (Lipinski definition) is 1. The molecule has 1 nitrogen and oxygen atoms in total. The summed E-state index contributed by atoms with van der Waals surface area (Å²) >= 11 is 18.0. The van der Waals surface area contributed by atoms with Crippen molar-refractivity contribution in [1.82, 2.24) is 0 Å². The molecule has 1 unspecified atom stereocenters. The van der Waals surface area contributed by atoms with E-state index in [1.54, 1.807) is 30.3 Å². The van der Waals surface area contributed by atoms with Gasteiger partial charge in [0.05, 0.1) is 10.0 Å². The summed E-state index contributed by atoms with van der Waals surface area (Å²) in [6, 6.07) is 10.6. The molecule has 0 amide bonds. The zero-order valence-corrected chi connectivity index (χ0v) is 11.9. The Balaban J connectivity index is 2.51. The molecule has 0 aliphatic heterocycles. The molecular weight excluding hydrogens is 291 g/mol. The Morgan fingerprint density at radius 1 is 1.00 bits per heavy atom. The summed E-state index contributed by atoms with van der Waals surface area (Å²) in [6.45, 7) is 1.91. The average Bonchev–Trinajstić information content (AvgIpc) is 2.35. The zero-order valence-electron chi connectivity index (χ0n) is 9.62. The van der Waals surface area contributed by atoms with E-state index in [9.17, 15) is 5.11 Å². The molecule has 0 spiro atoms. The van der Waals surface area contributed by atoms with Crippen LogP contribution >= 0.6 is 34.8 Å². The van der Waals surface area contributed by atoms with Gasteiger partial charge in [-0.1, -0.05) is 53.0 Å². The van der Waals surface area contributed by atoms with Gasteiger partial charge in [0.2, 0.25) is 0 Å². The van der Waals surface area contributed by atoms with E-state index in [0.29, 0.717) is 20.6 Å². The second kappa shape index (κ2) is 5.50. The number of rotatable bonds is 2. The minimum Gasteiger partial charge on any atom is -0.384 e. The highest BCUT2D eigenvalue weighted by atomic mass is 35.5. The fourth-order valence-corrected chi connectivity index (χ4v) is 2.40. The summed E-state index contributed by atoms with van der Waals surface area (Å²) in [5, 5.41) is 11.8. The van der Waals surface area contributed by atoms with Gasteiger partial charge in [0.1, 0.15) is 6.10 Å². The molecular formula is C14H11Cl3O. The number of halogens is 3. The molecule has 0 aliphatic rings. The molecule has 0 aromatic heterocycles. The second-order valence-electron chi connectivity index (χ2n) is 4.05. The van der Waals surface area contributed by atoms with Gasteiger partial charge in [0, 0.05) is 10.6 Å². The monoisotopic (exact) mass is 300 g/mol. The molecule has 4 heteroatoms. The topological polar surface area (TPSA) is 20.2 Å². The van der Waals surface area contributed by atoms with E-state index in [2.05, 4.69) is 0 Å². The fraction of sp³-hybridized carbons (Fsp3) is 0.143. The maximum atomic E-state index is 10.4. The first-order chi connectivity index (χ1) is 8.50. The van der Waals surface area contributed by atoms with E-state index in [4.69, 9.17) is 34.8 Å². The summed E-state index contributed by atoms with van der Waals surface area (Å²) in [6.07, 6.45) is -0.838. The molecule has 2 aromatic rings. The molecule has 0 aliphatic carbocycles. The van der Waals surface area contributed by atoms with Gasteiger partial charge in [-0.2, -0.15) is 0 Å². The van der Waals surface area contributed by atoms with E-state index in [1.165, 1.54) is 0 Å². The summed E-state index contributed by atoms with van der Waals surface area (Å²) in [5.41, 5.74) is 2.25. The zero-order chi connectivity index (χ0) is 13.3.